The number of nitrogens with zero attached hydrogens (tertiary/aromatic N) is 3. The standard InChI is InChI=1S/C13H17BrN6O3S/c1-8(7-23-2)18-12-10(14)6-17-13(20-12)19-9-3-4-11(16-5-9)24(15,21)22/h3-6,8H,7H2,1-2H3,(H2,15,21,22)(H2,17,18,19,20)/t8-/m0/s1. The van der Waals surface area contributed by atoms with Gasteiger partial charge in [0.1, 0.15) is 5.82 Å². The van der Waals surface area contributed by atoms with Crippen molar-refractivity contribution < 1.29 is 13.2 Å². The molecule has 2 heterocycles. The Morgan fingerprint density at radius 3 is 2.67 bits per heavy atom. The molecule has 24 heavy (non-hydrogen) atoms. The molecule has 4 N–H and O–H groups in total. The Morgan fingerprint density at radius 1 is 1.33 bits per heavy atom. The van der Waals surface area contributed by atoms with Crippen molar-refractivity contribution in [3.8, 4) is 0 Å². The van der Waals surface area contributed by atoms with Gasteiger partial charge < -0.3 is 15.4 Å². The first-order chi connectivity index (χ1) is 11.3. The van der Waals surface area contributed by atoms with Gasteiger partial charge in [-0.2, -0.15) is 4.98 Å². The molecule has 1 atom stereocenters. The molecule has 0 aliphatic carbocycles. The second-order valence-corrected chi connectivity index (χ2v) is 7.31. The van der Waals surface area contributed by atoms with Crippen molar-refractivity contribution in [1.29, 1.82) is 0 Å². The van der Waals surface area contributed by atoms with E-state index in [9.17, 15) is 8.42 Å². The van der Waals surface area contributed by atoms with Crippen LogP contribution in [0.25, 0.3) is 0 Å². The molecule has 0 radical (unpaired) electrons. The summed E-state index contributed by atoms with van der Waals surface area (Å²) in [5.74, 6) is 0.932. The molecule has 0 aliphatic rings. The SMILES string of the molecule is COC[C@H](C)Nc1nc(Nc2ccc(S(N)(=O)=O)nc2)ncc1Br. The third-order valence-electron chi connectivity index (χ3n) is 2.83. The van der Waals surface area contributed by atoms with Gasteiger partial charge >= 0.3 is 0 Å². The normalized spacial score (nSPS) is 12.7. The lowest BCUT2D eigenvalue weighted by molar-refractivity contribution is 0.190. The third kappa shape index (κ3) is 5.09. The van der Waals surface area contributed by atoms with E-state index in [1.165, 1.54) is 18.3 Å². The monoisotopic (exact) mass is 416 g/mol. The number of hydrogen-bond donors (Lipinski definition) is 3. The smallest absolute Gasteiger partial charge is 0.255 e. The van der Waals surface area contributed by atoms with Crippen LogP contribution in [0.4, 0.5) is 17.5 Å². The number of primary sulfonamides is 1. The number of hydrogen-bond acceptors (Lipinski definition) is 8. The highest BCUT2D eigenvalue weighted by molar-refractivity contribution is 9.10. The van der Waals surface area contributed by atoms with Crippen LogP contribution in [-0.4, -0.2) is 43.1 Å². The molecule has 0 fully saturated rings. The van der Waals surface area contributed by atoms with Crippen molar-refractivity contribution in [2.45, 2.75) is 18.0 Å². The van der Waals surface area contributed by atoms with Gasteiger partial charge in [0.25, 0.3) is 10.0 Å². The predicted octanol–water partition coefficient (Wildman–Crippen LogP) is 1.47. The molecule has 11 heteroatoms. The summed E-state index contributed by atoms with van der Waals surface area (Å²) in [5, 5.41) is 10.9. The quantitative estimate of drug-likeness (QED) is 0.617. The van der Waals surface area contributed by atoms with Gasteiger partial charge in [0.15, 0.2) is 5.03 Å². The Bertz CT molecular complexity index is 800. The van der Waals surface area contributed by atoms with Crippen LogP contribution in [0.2, 0.25) is 0 Å². The van der Waals surface area contributed by atoms with Crippen molar-refractivity contribution in [2.75, 3.05) is 24.4 Å². The fourth-order valence-electron chi connectivity index (χ4n) is 1.81. The minimum absolute atomic E-state index is 0.0600. The third-order valence-corrected chi connectivity index (χ3v) is 4.23. The molecule has 0 aliphatic heterocycles. The van der Waals surface area contributed by atoms with Gasteiger partial charge in [-0.25, -0.2) is 23.5 Å². The topological polar surface area (TPSA) is 132 Å². The van der Waals surface area contributed by atoms with Crippen molar-refractivity contribution >= 4 is 43.4 Å². The van der Waals surface area contributed by atoms with E-state index in [2.05, 4.69) is 41.5 Å². The van der Waals surface area contributed by atoms with E-state index < -0.39 is 10.0 Å². The highest BCUT2D eigenvalue weighted by Gasteiger charge is 2.11. The minimum Gasteiger partial charge on any atom is -0.383 e. The largest absolute Gasteiger partial charge is 0.383 e. The molecular formula is C13H17BrN6O3S. The van der Waals surface area contributed by atoms with E-state index >= 15 is 0 Å². The molecule has 0 amide bonds. The van der Waals surface area contributed by atoms with E-state index in [-0.39, 0.29) is 11.1 Å². The molecule has 0 aromatic carbocycles. The van der Waals surface area contributed by atoms with Gasteiger partial charge in [0, 0.05) is 19.3 Å². The molecule has 9 nitrogen and oxygen atoms in total. The van der Waals surface area contributed by atoms with Gasteiger partial charge in [-0.3, -0.25) is 0 Å². The first-order valence-electron chi connectivity index (χ1n) is 6.83. The Kier molecular flexibility index (Phi) is 6.04. The molecule has 0 saturated heterocycles. The Balaban J connectivity index is 2.15. The Morgan fingerprint density at radius 2 is 2.08 bits per heavy atom. The molecule has 0 spiro atoms. The van der Waals surface area contributed by atoms with Crippen molar-refractivity contribution in [3.63, 3.8) is 0 Å². The molecule has 0 unspecified atom stereocenters. The summed E-state index contributed by atoms with van der Waals surface area (Å²) < 4.78 is 28.2. The summed E-state index contributed by atoms with van der Waals surface area (Å²) in [5.41, 5.74) is 0.528. The van der Waals surface area contributed by atoms with Crippen LogP contribution >= 0.6 is 15.9 Å². The van der Waals surface area contributed by atoms with Crippen LogP contribution in [0.1, 0.15) is 6.92 Å². The first kappa shape index (κ1) is 18.5. The maximum atomic E-state index is 11.2. The van der Waals surface area contributed by atoms with Crippen LogP contribution in [0.15, 0.2) is 34.0 Å². The van der Waals surface area contributed by atoms with E-state index in [1.807, 2.05) is 6.92 Å². The maximum Gasteiger partial charge on any atom is 0.255 e. The average Bonchev–Trinajstić information content (AvgIpc) is 2.50. The molecule has 130 valence electrons. The predicted molar refractivity (Wildman–Crippen MR) is 93.6 cm³/mol. The summed E-state index contributed by atoms with van der Waals surface area (Å²) in [6.45, 7) is 2.49. The van der Waals surface area contributed by atoms with Crippen molar-refractivity contribution in [3.05, 3.63) is 29.0 Å². The number of nitrogens with one attached hydrogen (secondary N) is 2. The van der Waals surface area contributed by atoms with Gasteiger partial charge in [0.2, 0.25) is 5.95 Å². The highest BCUT2D eigenvalue weighted by atomic mass is 79.9. The lowest BCUT2D eigenvalue weighted by Crippen LogP contribution is -2.22. The summed E-state index contributed by atoms with van der Waals surface area (Å²) >= 11 is 3.38. The number of pyridine rings is 1. The zero-order valence-corrected chi connectivity index (χ0v) is 15.4. The molecule has 2 rings (SSSR count). The Labute approximate surface area is 148 Å². The average molecular weight is 417 g/mol. The minimum atomic E-state index is -3.82. The van der Waals surface area contributed by atoms with Gasteiger partial charge in [-0.1, -0.05) is 0 Å². The number of nitrogens with two attached hydrogens (primary N) is 1. The summed E-state index contributed by atoms with van der Waals surface area (Å²) in [6.07, 6.45) is 2.94. The number of aromatic nitrogens is 3. The number of rotatable bonds is 7. The first-order valence-corrected chi connectivity index (χ1v) is 9.17. The van der Waals surface area contributed by atoms with E-state index in [0.29, 0.717) is 28.5 Å². The van der Waals surface area contributed by atoms with Crippen molar-refractivity contribution in [2.24, 2.45) is 5.14 Å². The van der Waals surface area contributed by atoms with Crippen LogP contribution in [-0.2, 0) is 14.8 Å². The van der Waals surface area contributed by atoms with E-state index in [4.69, 9.17) is 9.88 Å². The zero-order chi connectivity index (χ0) is 17.7. The van der Waals surface area contributed by atoms with Crippen LogP contribution in [0.3, 0.4) is 0 Å². The number of anilines is 3. The number of ether oxygens (including phenoxy) is 1. The molecule has 2 aromatic heterocycles. The molecule has 2 aromatic rings. The van der Waals surface area contributed by atoms with Crippen LogP contribution in [0, 0.1) is 0 Å². The van der Waals surface area contributed by atoms with Crippen molar-refractivity contribution in [1.82, 2.24) is 15.0 Å². The van der Waals surface area contributed by atoms with Crippen LogP contribution in [0.5, 0.6) is 0 Å². The lowest BCUT2D eigenvalue weighted by Gasteiger charge is -2.15. The lowest BCUT2D eigenvalue weighted by atomic mass is 10.3. The van der Waals surface area contributed by atoms with Gasteiger partial charge in [-0.15, -0.1) is 0 Å². The summed E-state index contributed by atoms with van der Waals surface area (Å²) in [6, 6.07) is 2.89. The van der Waals surface area contributed by atoms with Crippen LogP contribution < -0.4 is 15.8 Å². The zero-order valence-electron chi connectivity index (χ0n) is 13.0. The van der Waals surface area contributed by atoms with E-state index in [1.54, 1.807) is 13.3 Å². The number of methoxy groups -OCH3 is 1. The second-order valence-electron chi connectivity index (χ2n) is 4.95. The maximum absolute atomic E-state index is 11.2. The number of sulfonamides is 1. The summed E-state index contributed by atoms with van der Waals surface area (Å²) in [4.78, 5) is 12.3. The molecule has 0 bridgehead atoms. The fraction of sp³-hybridized carbons (Fsp3) is 0.308. The molecular weight excluding hydrogens is 400 g/mol. The number of halogens is 1. The fourth-order valence-corrected chi connectivity index (χ4v) is 2.57. The summed E-state index contributed by atoms with van der Waals surface area (Å²) in [7, 11) is -2.20. The Hall–Kier alpha value is -1.82. The second kappa shape index (κ2) is 7.83. The van der Waals surface area contributed by atoms with E-state index in [0.717, 1.165) is 0 Å². The van der Waals surface area contributed by atoms with Gasteiger partial charge in [0.05, 0.1) is 23.0 Å². The van der Waals surface area contributed by atoms with Gasteiger partial charge in [-0.05, 0) is 35.0 Å². The molecule has 0 saturated carbocycles. The highest BCUT2D eigenvalue weighted by Crippen LogP contribution is 2.22.